The first-order chi connectivity index (χ1) is 13.6. The third-order valence-corrected chi connectivity index (χ3v) is 5.97. The summed E-state index contributed by atoms with van der Waals surface area (Å²) >= 11 is 4.79. The fraction of sp³-hybridized carbons (Fsp3) is 0.300. The van der Waals surface area contributed by atoms with E-state index in [4.69, 9.17) is 4.74 Å². The van der Waals surface area contributed by atoms with Crippen molar-refractivity contribution in [1.29, 1.82) is 0 Å². The van der Waals surface area contributed by atoms with Crippen molar-refractivity contribution in [3.05, 3.63) is 58.8 Å². The second kappa shape index (κ2) is 8.63. The predicted octanol–water partition coefficient (Wildman–Crippen LogP) is 4.71. The van der Waals surface area contributed by atoms with Crippen LogP contribution in [0.1, 0.15) is 18.9 Å². The third kappa shape index (κ3) is 4.56. The largest absolute Gasteiger partial charge is 0.491 e. The first kappa shape index (κ1) is 19.4. The third-order valence-electron chi connectivity index (χ3n) is 4.35. The van der Waals surface area contributed by atoms with Gasteiger partial charge in [0.2, 0.25) is 0 Å². The molecule has 8 heteroatoms. The Kier molecular flexibility index (Phi) is 5.99. The molecule has 0 radical (unpaired) electrons. The summed E-state index contributed by atoms with van der Waals surface area (Å²) in [6.07, 6.45) is 1.40. The van der Waals surface area contributed by atoms with Crippen LogP contribution < -0.4 is 4.74 Å². The first-order valence-electron chi connectivity index (χ1n) is 9.01. The number of benzene rings is 2. The van der Waals surface area contributed by atoms with Crippen molar-refractivity contribution in [2.75, 3.05) is 12.4 Å². The van der Waals surface area contributed by atoms with Crippen LogP contribution in [0.5, 0.6) is 5.75 Å². The lowest BCUT2D eigenvalue weighted by Gasteiger charge is -2.13. The zero-order valence-electron chi connectivity index (χ0n) is 15.0. The maximum atomic E-state index is 14.2. The van der Waals surface area contributed by atoms with Gasteiger partial charge in [-0.15, -0.1) is 10.2 Å². The fourth-order valence-corrected chi connectivity index (χ4v) is 3.98. The average molecular weight is 464 g/mol. The van der Waals surface area contributed by atoms with Crippen LogP contribution in [0.4, 0.5) is 4.39 Å². The zero-order valence-corrected chi connectivity index (χ0v) is 17.4. The molecule has 4 rings (SSSR count). The molecule has 1 atom stereocenters. The molecule has 1 heterocycles. The Bertz CT molecular complexity index is 947. The number of aliphatic hydroxyl groups excluding tert-OH is 1. The molecule has 1 fully saturated rings. The second-order valence-corrected chi connectivity index (χ2v) is 8.52. The van der Waals surface area contributed by atoms with E-state index in [0.29, 0.717) is 34.1 Å². The number of nitrogens with zero attached hydrogens (tertiary/aromatic N) is 3. The molecule has 1 aliphatic carbocycles. The van der Waals surface area contributed by atoms with Crippen molar-refractivity contribution in [2.45, 2.75) is 30.1 Å². The lowest BCUT2D eigenvalue weighted by molar-refractivity contribution is 0.126. The van der Waals surface area contributed by atoms with Crippen LogP contribution in [0, 0.1) is 5.82 Å². The Labute approximate surface area is 175 Å². The molecule has 3 aromatic rings. The smallest absolute Gasteiger partial charge is 0.191 e. The molecule has 0 saturated heterocycles. The maximum Gasteiger partial charge on any atom is 0.191 e. The van der Waals surface area contributed by atoms with Crippen molar-refractivity contribution >= 4 is 27.7 Å². The highest BCUT2D eigenvalue weighted by Crippen LogP contribution is 2.41. The zero-order chi connectivity index (χ0) is 19.5. The minimum Gasteiger partial charge on any atom is -0.491 e. The molecule has 1 aliphatic rings. The summed E-state index contributed by atoms with van der Waals surface area (Å²) in [5.41, 5.74) is 0.452. The van der Waals surface area contributed by atoms with Gasteiger partial charge >= 0.3 is 0 Å². The summed E-state index contributed by atoms with van der Waals surface area (Å²) < 4.78 is 22.8. The van der Waals surface area contributed by atoms with Gasteiger partial charge in [0.15, 0.2) is 11.0 Å². The molecular weight excluding hydrogens is 445 g/mol. The SMILES string of the molecule is OC(COc1ccc(Br)cc1)CSc1nnc(-c2ccccc2F)n1C1CC1. The lowest BCUT2D eigenvalue weighted by atomic mass is 10.2. The molecular formula is C20H19BrFN3O2S. The first-order valence-corrected chi connectivity index (χ1v) is 10.8. The van der Waals surface area contributed by atoms with E-state index in [1.165, 1.54) is 17.8 Å². The van der Waals surface area contributed by atoms with E-state index >= 15 is 0 Å². The van der Waals surface area contributed by atoms with E-state index in [9.17, 15) is 9.50 Å². The minimum atomic E-state index is -0.657. The number of hydrogen-bond acceptors (Lipinski definition) is 5. The van der Waals surface area contributed by atoms with Crippen LogP contribution in [0.15, 0.2) is 58.2 Å². The van der Waals surface area contributed by atoms with E-state index in [1.807, 2.05) is 28.8 Å². The van der Waals surface area contributed by atoms with Gasteiger partial charge in [-0.2, -0.15) is 0 Å². The molecule has 0 bridgehead atoms. The Balaban J connectivity index is 1.41. The van der Waals surface area contributed by atoms with Gasteiger partial charge < -0.3 is 9.84 Å². The van der Waals surface area contributed by atoms with Crippen LogP contribution in [-0.2, 0) is 0 Å². The van der Waals surface area contributed by atoms with Crippen molar-refractivity contribution in [3.8, 4) is 17.1 Å². The Morgan fingerprint density at radius 2 is 1.93 bits per heavy atom. The summed E-state index contributed by atoms with van der Waals surface area (Å²) in [5.74, 6) is 1.36. The van der Waals surface area contributed by atoms with Crippen molar-refractivity contribution < 1.29 is 14.2 Å². The molecule has 146 valence electrons. The molecule has 0 spiro atoms. The molecule has 1 N–H and O–H groups in total. The summed E-state index contributed by atoms with van der Waals surface area (Å²) in [6, 6.07) is 14.3. The van der Waals surface area contributed by atoms with Gasteiger partial charge in [0, 0.05) is 16.3 Å². The molecule has 1 saturated carbocycles. The number of thioether (sulfide) groups is 1. The van der Waals surface area contributed by atoms with Crippen molar-refractivity contribution in [2.24, 2.45) is 0 Å². The van der Waals surface area contributed by atoms with Gasteiger partial charge in [-0.25, -0.2) is 4.39 Å². The molecule has 1 aromatic heterocycles. The average Bonchev–Trinajstić information content (AvgIpc) is 3.46. The number of aromatic nitrogens is 3. The van der Waals surface area contributed by atoms with Gasteiger partial charge in [-0.05, 0) is 49.2 Å². The van der Waals surface area contributed by atoms with Crippen LogP contribution >= 0.6 is 27.7 Å². The Morgan fingerprint density at radius 1 is 1.18 bits per heavy atom. The highest BCUT2D eigenvalue weighted by molar-refractivity contribution is 9.10. The number of aliphatic hydroxyl groups is 1. The fourth-order valence-electron chi connectivity index (χ4n) is 2.81. The van der Waals surface area contributed by atoms with E-state index in [2.05, 4.69) is 26.1 Å². The summed E-state index contributed by atoms with van der Waals surface area (Å²) in [5, 5.41) is 19.4. The van der Waals surface area contributed by atoms with Crippen LogP contribution in [0.25, 0.3) is 11.4 Å². The van der Waals surface area contributed by atoms with Gasteiger partial charge in [0.1, 0.15) is 18.2 Å². The quantitative estimate of drug-likeness (QED) is 0.490. The van der Waals surface area contributed by atoms with Gasteiger partial charge in [-0.3, -0.25) is 4.57 Å². The van der Waals surface area contributed by atoms with Gasteiger partial charge in [0.05, 0.1) is 11.7 Å². The highest BCUT2D eigenvalue weighted by Gasteiger charge is 2.31. The van der Waals surface area contributed by atoms with Gasteiger partial charge in [-0.1, -0.05) is 39.8 Å². The monoisotopic (exact) mass is 463 g/mol. The van der Waals surface area contributed by atoms with E-state index in [1.54, 1.807) is 18.2 Å². The summed E-state index contributed by atoms with van der Waals surface area (Å²) in [7, 11) is 0. The van der Waals surface area contributed by atoms with E-state index < -0.39 is 6.10 Å². The highest BCUT2D eigenvalue weighted by atomic mass is 79.9. The normalized spacial score (nSPS) is 14.8. The molecule has 1 unspecified atom stereocenters. The minimum absolute atomic E-state index is 0.187. The topological polar surface area (TPSA) is 60.2 Å². The summed E-state index contributed by atoms with van der Waals surface area (Å²) in [6.45, 7) is 0.187. The van der Waals surface area contributed by atoms with Crippen LogP contribution in [-0.4, -0.2) is 38.3 Å². The van der Waals surface area contributed by atoms with E-state index in [-0.39, 0.29) is 12.4 Å². The Morgan fingerprint density at radius 3 is 2.64 bits per heavy atom. The van der Waals surface area contributed by atoms with Gasteiger partial charge in [0.25, 0.3) is 0 Å². The molecule has 28 heavy (non-hydrogen) atoms. The number of rotatable bonds is 8. The Hall–Kier alpha value is -1.90. The number of hydrogen-bond donors (Lipinski definition) is 1. The van der Waals surface area contributed by atoms with Crippen LogP contribution in [0.3, 0.4) is 0 Å². The van der Waals surface area contributed by atoms with Crippen molar-refractivity contribution in [3.63, 3.8) is 0 Å². The summed E-state index contributed by atoms with van der Waals surface area (Å²) in [4.78, 5) is 0. The molecule has 5 nitrogen and oxygen atoms in total. The lowest BCUT2D eigenvalue weighted by Crippen LogP contribution is -2.20. The van der Waals surface area contributed by atoms with Crippen LogP contribution in [0.2, 0.25) is 0 Å². The molecule has 2 aromatic carbocycles. The van der Waals surface area contributed by atoms with Crippen molar-refractivity contribution in [1.82, 2.24) is 14.8 Å². The molecule has 0 aliphatic heterocycles. The number of halogens is 2. The van der Waals surface area contributed by atoms with E-state index in [0.717, 1.165) is 17.3 Å². The second-order valence-electron chi connectivity index (χ2n) is 6.62. The number of ether oxygens (including phenoxy) is 1. The standard InChI is InChI=1S/C20H19BrFN3O2S/c21-13-5-9-16(10-6-13)27-11-15(26)12-28-20-24-23-19(25(20)14-7-8-14)17-3-1-2-4-18(17)22/h1-6,9-10,14-15,26H,7-8,11-12H2. The maximum absolute atomic E-state index is 14.2. The molecule has 0 amide bonds. The predicted molar refractivity (Wildman–Crippen MR) is 110 cm³/mol.